The van der Waals surface area contributed by atoms with Gasteiger partial charge in [-0.15, -0.1) is 0 Å². The van der Waals surface area contributed by atoms with Gasteiger partial charge in [0.25, 0.3) is 0 Å². The van der Waals surface area contributed by atoms with Crippen LogP contribution in [0.15, 0.2) is 42.6 Å². The summed E-state index contributed by atoms with van der Waals surface area (Å²) in [5, 5.41) is 3.20. The van der Waals surface area contributed by atoms with E-state index in [1.807, 2.05) is 24.3 Å². The standard InChI is InChI=1S/C17H22N2O/c1-4-18-17-11-14(9-10-19-17)12-20-16-7-5-15(6-8-16)13(2)3/h5-11,13H,4,12H2,1-3H3,(H,18,19). The van der Waals surface area contributed by atoms with Crippen LogP contribution in [0.25, 0.3) is 0 Å². The van der Waals surface area contributed by atoms with Crippen LogP contribution in [0.5, 0.6) is 5.75 Å². The number of nitrogens with zero attached hydrogens (tertiary/aromatic N) is 1. The fraction of sp³-hybridized carbons (Fsp3) is 0.353. The first-order valence-electron chi connectivity index (χ1n) is 7.10. The summed E-state index contributed by atoms with van der Waals surface area (Å²) < 4.78 is 5.80. The predicted molar refractivity (Wildman–Crippen MR) is 83.3 cm³/mol. The van der Waals surface area contributed by atoms with Crippen molar-refractivity contribution < 1.29 is 4.74 Å². The highest BCUT2D eigenvalue weighted by Crippen LogP contribution is 2.19. The number of aromatic nitrogens is 1. The Kier molecular flexibility index (Phi) is 4.99. The van der Waals surface area contributed by atoms with Gasteiger partial charge in [0, 0.05) is 12.7 Å². The average Bonchev–Trinajstić information content (AvgIpc) is 2.46. The van der Waals surface area contributed by atoms with Gasteiger partial charge in [0.05, 0.1) is 0 Å². The third-order valence-corrected chi connectivity index (χ3v) is 3.13. The molecule has 1 N–H and O–H groups in total. The third kappa shape index (κ3) is 3.98. The van der Waals surface area contributed by atoms with E-state index in [1.54, 1.807) is 6.20 Å². The number of nitrogens with one attached hydrogen (secondary N) is 1. The Morgan fingerprint density at radius 2 is 1.90 bits per heavy atom. The lowest BCUT2D eigenvalue weighted by molar-refractivity contribution is 0.306. The van der Waals surface area contributed by atoms with Crippen LogP contribution in [0.4, 0.5) is 5.82 Å². The molecule has 0 unspecified atom stereocenters. The van der Waals surface area contributed by atoms with Crippen molar-refractivity contribution in [3.8, 4) is 5.75 Å². The van der Waals surface area contributed by atoms with E-state index in [0.717, 1.165) is 23.7 Å². The molecule has 0 amide bonds. The summed E-state index contributed by atoms with van der Waals surface area (Å²) in [4.78, 5) is 4.25. The maximum atomic E-state index is 5.80. The first-order chi connectivity index (χ1) is 9.69. The van der Waals surface area contributed by atoms with Crippen LogP contribution in [0.1, 0.15) is 37.8 Å². The van der Waals surface area contributed by atoms with Crippen LogP contribution in [0, 0.1) is 0 Å². The topological polar surface area (TPSA) is 34.1 Å². The molecule has 2 rings (SSSR count). The van der Waals surface area contributed by atoms with E-state index in [0.29, 0.717) is 12.5 Å². The first-order valence-corrected chi connectivity index (χ1v) is 7.10. The van der Waals surface area contributed by atoms with Crippen molar-refractivity contribution in [2.45, 2.75) is 33.3 Å². The van der Waals surface area contributed by atoms with Crippen LogP contribution >= 0.6 is 0 Å². The molecule has 0 saturated heterocycles. The lowest BCUT2D eigenvalue weighted by Gasteiger charge is -2.10. The van der Waals surface area contributed by atoms with Crippen molar-refractivity contribution in [3.05, 3.63) is 53.7 Å². The lowest BCUT2D eigenvalue weighted by atomic mass is 10.0. The molecule has 0 fully saturated rings. The highest BCUT2D eigenvalue weighted by Gasteiger charge is 2.01. The van der Waals surface area contributed by atoms with Crippen molar-refractivity contribution in [1.82, 2.24) is 4.98 Å². The Labute approximate surface area is 121 Å². The monoisotopic (exact) mass is 270 g/mol. The Morgan fingerprint density at radius 1 is 1.15 bits per heavy atom. The molecule has 0 aliphatic carbocycles. The van der Waals surface area contributed by atoms with Crippen LogP contribution in [-0.2, 0) is 6.61 Å². The van der Waals surface area contributed by atoms with Crippen molar-refractivity contribution in [2.24, 2.45) is 0 Å². The third-order valence-electron chi connectivity index (χ3n) is 3.13. The SMILES string of the molecule is CCNc1cc(COc2ccc(C(C)C)cc2)ccn1. The highest BCUT2D eigenvalue weighted by atomic mass is 16.5. The summed E-state index contributed by atoms with van der Waals surface area (Å²) in [6.45, 7) is 7.86. The number of anilines is 1. The van der Waals surface area contributed by atoms with E-state index >= 15 is 0 Å². The average molecular weight is 270 g/mol. The molecule has 20 heavy (non-hydrogen) atoms. The zero-order valence-corrected chi connectivity index (χ0v) is 12.4. The number of benzene rings is 1. The summed E-state index contributed by atoms with van der Waals surface area (Å²) >= 11 is 0. The maximum Gasteiger partial charge on any atom is 0.126 e. The smallest absolute Gasteiger partial charge is 0.126 e. The molecule has 0 atom stereocenters. The molecule has 1 aromatic carbocycles. The maximum absolute atomic E-state index is 5.80. The van der Waals surface area contributed by atoms with Crippen molar-refractivity contribution >= 4 is 5.82 Å². The van der Waals surface area contributed by atoms with E-state index in [-0.39, 0.29) is 0 Å². The molecule has 0 aliphatic rings. The molecule has 3 nitrogen and oxygen atoms in total. The van der Waals surface area contributed by atoms with E-state index in [4.69, 9.17) is 4.74 Å². The van der Waals surface area contributed by atoms with Crippen LogP contribution in [0.2, 0.25) is 0 Å². The van der Waals surface area contributed by atoms with Crippen LogP contribution in [-0.4, -0.2) is 11.5 Å². The molecule has 0 saturated carbocycles. The molecular formula is C17H22N2O. The second-order valence-corrected chi connectivity index (χ2v) is 5.09. The van der Waals surface area contributed by atoms with Gasteiger partial charge in [0.1, 0.15) is 18.2 Å². The van der Waals surface area contributed by atoms with E-state index in [9.17, 15) is 0 Å². The van der Waals surface area contributed by atoms with Gasteiger partial charge in [-0.05, 0) is 48.2 Å². The molecule has 2 aromatic rings. The number of ether oxygens (including phenoxy) is 1. The fourth-order valence-electron chi connectivity index (χ4n) is 1.96. The van der Waals surface area contributed by atoms with E-state index in [2.05, 4.69) is 43.2 Å². The summed E-state index contributed by atoms with van der Waals surface area (Å²) in [6.07, 6.45) is 1.80. The van der Waals surface area contributed by atoms with Gasteiger partial charge in [-0.3, -0.25) is 0 Å². The summed E-state index contributed by atoms with van der Waals surface area (Å²) in [5.41, 5.74) is 2.44. The zero-order chi connectivity index (χ0) is 14.4. The minimum absolute atomic E-state index is 0.548. The fourth-order valence-corrected chi connectivity index (χ4v) is 1.96. The van der Waals surface area contributed by atoms with E-state index in [1.165, 1.54) is 5.56 Å². The van der Waals surface area contributed by atoms with Crippen molar-refractivity contribution in [3.63, 3.8) is 0 Å². The normalized spacial score (nSPS) is 10.6. The molecule has 0 aliphatic heterocycles. The number of pyridine rings is 1. The van der Waals surface area contributed by atoms with Gasteiger partial charge in [0.2, 0.25) is 0 Å². The van der Waals surface area contributed by atoms with Gasteiger partial charge in [-0.1, -0.05) is 26.0 Å². The van der Waals surface area contributed by atoms with Crippen molar-refractivity contribution in [2.75, 3.05) is 11.9 Å². The number of hydrogen-bond acceptors (Lipinski definition) is 3. The van der Waals surface area contributed by atoms with Gasteiger partial charge in [-0.25, -0.2) is 4.98 Å². The molecule has 0 bridgehead atoms. The quantitative estimate of drug-likeness (QED) is 0.853. The van der Waals surface area contributed by atoms with Crippen molar-refractivity contribution in [1.29, 1.82) is 0 Å². The Bertz CT molecular complexity index is 535. The van der Waals surface area contributed by atoms with Gasteiger partial charge >= 0.3 is 0 Å². The van der Waals surface area contributed by atoms with Crippen LogP contribution in [0.3, 0.4) is 0 Å². The van der Waals surface area contributed by atoms with E-state index < -0.39 is 0 Å². The molecule has 106 valence electrons. The van der Waals surface area contributed by atoms with Gasteiger partial charge < -0.3 is 10.1 Å². The Balaban J connectivity index is 1.96. The minimum Gasteiger partial charge on any atom is -0.489 e. The van der Waals surface area contributed by atoms with Gasteiger partial charge in [-0.2, -0.15) is 0 Å². The molecule has 1 heterocycles. The van der Waals surface area contributed by atoms with Crippen LogP contribution < -0.4 is 10.1 Å². The predicted octanol–water partition coefficient (Wildman–Crippen LogP) is 4.22. The van der Waals surface area contributed by atoms with Gasteiger partial charge in [0.15, 0.2) is 0 Å². The summed E-state index contributed by atoms with van der Waals surface area (Å²) in [5.74, 6) is 2.34. The Morgan fingerprint density at radius 3 is 2.55 bits per heavy atom. The zero-order valence-electron chi connectivity index (χ0n) is 12.4. The summed E-state index contributed by atoms with van der Waals surface area (Å²) in [7, 11) is 0. The second-order valence-electron chi connectivity index (χ2n) is 5.09. The molecule has 3 heteroatoms. The lowest BCUT2D eigenvalue weighted by Crippen LogP contribution is -2.01. The summed E-state index contributed by atoms with van der Waals surface area (Å²) in [6, 6.07) is 12.3. The second kappa shape index (κ2) is 6.94. The number of hydrogen-bond donors (Lipinski definition) is 1. The molecule has 0 radical (unpaired) electrons. The Hall–Kier alpha value is -2.03. The molecule has 0 spiro atoms. The largest absolute Gasteiger partial charge is 0.489 e. The number of rotatable bonds is 6. The minimum atomic E-state index is 0.548. The first kappa shape index (κ1) is 14.4. The molecular weight excluding hydrogens is 248 g/mol. The highest BCUT2D eigenvalue weighted by molar-refractivity contribution is 5.37. The molecule has 1 aromatic heterocycles.